The van der Waals surface area contributed by atoms with Crippen LogP contribution in [0.1, 0.15) is 12.0 Å². The number of aromatic nitrogens is 2. The van der Waals surface area contributed by atoms with Gasteiger partial charge < -0.3 is 11.1 Å². The quantitative estimate of drug-likeness (QED) is 0.843. The molecule has 1 aromatic carbocycles. The van der Waals surface area contributed by atoms with Crippen LogP contribution in [0.5, 0.6) is 0 Å². The van der Waals surface area contributed by atoms with Crippen molar-refractivity contribution in [3.8, 4) is 0 Å². The zero-order valence-corrected chi connectivity index (χ0v) is 12.2. The van der Waals surface area contributed by atoms with Crippen molar-refractivity contribution in [2.75, 3.05) is 11.1 Å². The number of nitrogens with two attached hydrogens (primary N) is 1. The maximum atomic E-state index is 11.9. The Labute approximate surface area is 126 Å². The second kappa shape index (κ2) is 6.41. The van der Waals surface area contributed by atoms with Gasteiger partial charge in [-0.05, 0) is 30.7 Å². The topological polar surface area (TPSA) is 90.0 Å². The molecule has 21 heavy (non-hydrogen) atoms. The number of nitrogens with zero attached hydrogens (tertiary/aromatic N) is 2. The molecule has 110 valence electrons. The lowest BCUT2D eigenvalue weighted by molar-refractivity contribution is -0.116. The Bertz CT molecular complexity index is 727. The van der Waals surface area contributed by atoms with E-state index >= 15 is 0 Å². The van der Waals surface area contributed by atoms with Crippen molar-refractivity contribution >= 4 is 28.9 Å². The summed E-state index contributed by atoms with van der Waals surface area (Å²) in [4.78, 5) is 23.5. The second-order valence-electron chi connectivity index (χ2n) is 4.62. The summed E-state index contributed by atoms with van der Waals surface area (Å²) in [6.45, 7) is 1.99. The van der Waals surface area contributed by atoms with E-state index in [1.54, 1.807) is 31.3 Å². The molecule has 2 rings (SSSR count). The molecule has 2 aromatic rings. The molecule has 7 heteroatoms. The molecule has 1 aromatic heterocycles. The van der Waals surface area contributed by atoms with Gasteiger partial charge in [0.25, 0.3) is 5.56 Å². The van der Waals surface area contributed by atoms with Crippen LogP contribution in [0.3, 0.4) is 0 Å². The van der Waals surface area contributed by atoms with Crippen LogP contribution in [0.25, 0.3) is 0 Å². The second-order valence-corrected chi connectivity index (χ2v) is 5.06. The normalized spacial score (nSPS) is 10.4. The molecule has 0 atom stereocenters. The zero-order valence-electron chi connectivity index (χ0n) is 11.5. The van der Waals surface area contributed by atoms with E-state index in [2.05, 4.69) is 10.4 Å². The molecule has 0 aliphatic carbocycles. The number of carbonyl (C=O) groups is 1. The van der Waals surface area contributed by atoms with Crippen LogP contribution in [-0.4, -0.2) is 15.7 Å². The smallest absolute Gasteiger partial charge is 0.266 e. The number of anilines is 2. The average Bonchev–Trinajstić information content (AvgIpc) is 2.41. The number of hydrogen-bond acceptors (Lipinski definition) is 4. The average molecular weight is 307 g/mol. The number of amides is 1. The van der Waals surface area contributed by atoms with Crippen LogP contribution >= 0.6 is 11.6 Å². The minimum absolute atomic E-state index is 0.123. The Morgan fingerprint density at radius 3 is 2.86 bits per heavy atom. The fraction of sp³-hybridized carbons (Fsp3) is 0.214. The van der Waals surface area contributed by atoms with E-state index in [1.165, 1.54) is 10.7 Å². The van der Waals surface area contributed by atoms with Crippen molar-refractivity contribution in [2.45, 2.75) is 19.9 Å². The van der Waals surface area contributed by atoms with Gasteiger partial charge in [-0.25, -0.2) is 4.68 Å². The third-order valence-electron chi connectivity index (χ3n) is 2.84. The lowest BCUT2D eigenvalue weighted by Gasteiger charge is -2.09. The number of benzene rings is 1. The van der Waals surface area contributed by atoms with Crippen LogP contribution in [0, 0.1) is 6.92 Å². The maximum Gasteiger partial charge on any atom is 0.266 e. The largest absolute Gasteiger partial charge is 0.397 e. The molecule has 1 amide bonds. The lowest BCUT2D eigenvalue weighted by atomic mass is 10.2. The number of carbonyl (C=O) groups excluding carboxylic acids is 1. The molecule has 0 radical (unpaired) electrons. The van der Waals surface area contributed by atoms with E-state index < -0.39 is 0 Å². The highest BCUT2D eigenvalue weighted by Gasteiger charge is 2.07. The van der Waals surface area contributed by atoms with Gasteiger partial charge in [-0.2, -0.15) is 5.10 Å². The first-order chi connectivity index (χ1) is 9.95. The van der Waals surface area contributed by atoms with Gasteiger partial charge in [-0.15, -0.1) is 0 Å². The summed E-state index contributed by atoms with van der Waals surface area (Å²) in [6, 6.07) is 6.30. The Morgan fingerprint density at radius 1 is 1.43 bits per heavy atom. The standard InChI is InChI=1S/C14H15ClN4O2/c1-9-6-14(21)19(17-8-9)5-4-13(20)18-12-3-2-10(15)7-11(12)16/h2-3,6-8H,4-5,16H2,1H3,(H,18,20). The van der Waals surface area contributed by atoms with E-state index in [9.17, 15) is 9.59 Å². The number of halogens is 1. The predicted molar refractivity (Wildman–Crippen MR) is 82.3 cm³/mol. The van der Waals surface area contributed by atoms with Gasteiger partial charge in [0.2, 0.25) is 5.91 Å². The number of hydrogen-bond donors (Lipinski definition) is 2. The fourth-order valence-corrected chi connectivity index (χ4v) is 1.94. The van der Waals surface area contributed by atoms with Crippen molar-refractivity contribution in [1.82, 2.24) is 9.78 Å². The molecule has 1 heterocycles. The monoisotopic (exact) mass is 306 g/mol. The van der Waals surface area contributed by atoms with E-state index in [0.717, 1.165) is 5.56 Å². The summed E-state index contributed by atoms with van der Waals surface area (Å²) in [5.41, 5.74) is 7.19. The fourth-order valence-electron chi connectivity index (χ4n) is 1.76. The van der Waals surface area contributed by atoms with Gasteiger partial charge in [-0.1, -0.05) is 11.6 Å². The van der Waals surface area contributed by atoms with Crippen LogP contribution in [-0.2, 0) is 11.3 Å². The minimum atomic E-state index is -0.252. The van der Waals surface area contributed by atoms with Crippen molar-refractivity contribution in [2.24, 2.45) is 0 Å². The molecule has 0 saturated carbocycles. The van der Waals surface area contributed by atoms with Crippen LogP contribution in [0.4, 0.5) is 11.4 Å². The molecule has 0 aliphatic heterocycles. The number of aryl methyl sites for hydroxylation is 2. The maximum absolute atomic E-state index is 11.9. The first-order valence-corrected chi connectivity index (χ1v) is 6.72. The summed E-state index contributed by atoms with van der Waals surface area (Å²) in [6.07, 6.45) is 1.70. The first-order valence-electron chi connectivity index (χ1n) is 6.34. The Hall–Kier alpha value is -2.34. The SMILES string of the molecule is Cc1cnn(CCC(=O)Nc2ccc(Cl)cc2N)c(=O)c1. The molecular weight excluding hydrogens is 292 g/mol. The van der Waals surface area contributed by atoms with Crippen LogP contribution in [0.2, 0.25) is 5.02 Å². The predicted octanol–water partition coefficient (Wildman–Crippen LogP) is 1.82. The molecular formula is C14H15ClN4O2. The summed E-state index contributed by atoms with van der Waals surface area (Å²) < 4.78 is 1.25. The summed E-state index contributed by atoms with van der Waals surface area (Å²) >= 11 is 5.79. The van der Waals surface area contributed by atoms with E-state index in [4.69, 9.17) is 17.3 Å². The number of nitrogens with one attached hydrogen (secondary N) is 1. The summed E-state index contributed by atoms with van der Waals surface area (Å²) in [5.74, 6) is -0.252. The molecule has 0 fully saturated rings. The van der Waals surface area contributed by atoms with Gasteiger partial charge in [0.1, 0.15) is 0 Å². The summed E-state index contributed by atoms with van der Waals surface area (Å²) in [7, 11) is 0. The van der Waals surface area contributed by atoms with E-state index in [-0.39, 0.29) is 24.4 Å². The van der Waals surface area contributed by atoms with Crippen molar-refractivity contribution in [3.63, 3.8) is 0 Å². The van der Waals surface area contributed by atoms with Crippen LogP contribution < -0.4 is 16.6 Å². The molecule has 0 saturated heterocycles. The minimum Gasteiger partial charge on any atom is -0.397 e. The van der Waals surface area contributed by atoms with Crippen molar-refractivity contribution in [1.29, 1.82) is 0 Å². The zero-order chi connectivity index (χ0) is 15.4. The Balaban J connectivity index is 1.97. The Morgan fingerprint density at radius 2 is 2.19 bits per heavy atom. The Kier molecular flexibility index (Phi) is 4.59. The molecule has 0 unspecified atom stereocenters. The van der Waals surface area contributed by atoms with Crippen LogP contribution in [0.15, 0.2) is 35.3 Å². The highest BCUT2D eigenvalue weighted by molar-refractivity contribution is 6.31. The number of nitrogen functional groups attached to an aromatic ring is 1. The third kappa shape index (κ3) is 4.06. The molecule has 3 N–H and O–H groups in total. The van der Waals surface area contributed by atoms with E-state index in [0.29, 0.717) is 16.4 Å². The van der Waals surface area contributed by atoms with E-state index in [1.807, 2.05) is 0 Å². The molecule has 0 aliphatic rings. The first kappa shape index (κ1) is 15.1. The van der Waals surface area contributed by atoms with Crippen molar-refractivity contribution < 1.29 is 4.79 Å². The van der Waals surface area contributed by atoms with Gasteiger partial charge in [0.05, 0.1) is 24.1 Å². The van der Waals surface area contributed by atoms with Crippen molar-refractivity contribution in [3.05, 3.63) is 51.4 Å². The van der Waals surface area contributed by atoms with Gasteiger partial charge >= 0.3 is 0 Å². The lowest BCUT2D eigenvalue weighted by Crippen LogP contribution is -2.25. The van der Waals surface area contributed by atoms with Gasteiger partial charge in [0, 0.05) is 17.5 Å². The molecule has 0 spiro atoms. The van der Waals surface area contributed by atoms with Gasteiger partial charge in [0.15, 0.2) is 0 Å². The molecule has 6 nitrogen and oxygen atoms in total. The molecule has 0 bridgehead atoms. The highest BCUT2D eigenvalue weighted by Crippen LogP contribution is 2.22. The highest BCUT2D eigenvalue weighted by atomic mass is 35.5. The third-order valence-corrected chi connectivity index (χ3v) is 3.08. The summed E-state index contributed by atoms with van der Waals surface area (Å²) in [5, 5.41) is 7.14. The number of rotatable bonds is 4. The van der Waals surface area contributed by atoms with Gasteiger partial charge in [-0.3, -0.25) is 9.59 Å².